The first kappa shape index (κ1) is 26.0. The Kier molecular flexibility index (Phi) is 9.35. The molecule has 0 spiro atoms. The summed E-state index contributed by atoms with van der Waals surface area (Å²) in [4.78, 5) is 23.0. The Bertz CT molecular complexity index is 901. The van der Waals surface area contributed by atoms with Gasteiger partial charge in [0.05, 0.1) is 12.2 Å². The van der Waals surface area contributed by atoms with Crippen LogP contribution in [0.2, 0.25) is 0 Å². The molecule has 8 nitrogen and oxygen atoms in total. The minimum absolute atomic E-state index is 0. The number of carbonyl (C=O) groups is 1. The van der Waals surface area contributed by atoms with Crippen molar-refractivity contribution >= 4 is 36.0 Å². The molecule has 0 aliphatic heterocycles. The number of hydrogen-bond donors (Lipinski definition) is 2. The number of ether oxygens (including phenoxy) is 1. The molecule has 2 N–H and O–H groups in total. The molecule has 9 heteroatoms. The predicted molar refractivity (Wildman–Crippen MR) is 136 cm³/mol. The van der Waals surface area contributed by atoms with Crippen molar-refractivity contribution in [3.8, 4) is 11.5 Å². The molecule has 1 aliphatic rings. The highest BCUT2D eigenvalue weighted by Crippen LogP contribution is 2.28. The highest BCUT2D eigenvalue weighted by atomic mass is 127. The smallest absolute Gasteiger partial charge is 0.410 e. The molecule has 1 amide bonds. The molecule has 1 aliphatic carbocycles. The van der Waals surface area contributed by atoms with E-state index in [2.05, 4.69) is 20.6 Å². The zero-order valence-corrected chi connectivity index (χ0v) is 21.8. The highest BCUT2D eigenvalue weighted by Gasteiger charge is 2.34. The normalized spacial score (nSPS) is 13.8. The number of oxazole rings is 1. The molecule has 3 rings (SSSR count). The summed E-state index contributed by atoms with van der Waals surface area (Å²) in [5.74, 6) is 1.23. The van der Waals surface area contributed by atoms with Gasteiger partial charge in [0.1, 0.15) is 11.9 Å². The highest BCUT2D eigenvalue weighted by molar-refractivity contribution is 14.0. The van der Waals surface area contributed by atoms with E-state index in [0.29, 0.717) is 31.5 Å². The van der Waals surface area contributed by atoms with Gasteiger partial charge in [-0.2, -0.15) is 0 Å². The van der Waals surface area contributed by atoms with E-state index >= 15 is 0 Å². The summed E-state index contributed by atoms with van der Waals surface area (Å²) in [7, 11) is 1.71. The van der Waals surface area contributed by atoms with Crippen LogP contribution in [0.5, 0.6) is 0 Å². The van der Waals surface area contributed by atoms with Crippen LogP contribution in [0.15, 0.2) is 39.9 Å². The van der Waals surface area contributed by atoms with Gasteiger partial charge in [-0.1, -0.05) is 17.7 Å². The lowest BCUT2D eigenvalue weighted by molar-refractivity contribution is 0.0238. The summed E-state index contributed by atoms with van der Waals surface area (Å²) < 4.78 is 11.1. The molecular formula is C23H34IN5O3. The van der Waals surface area contributed by atoms with Crippen molar-refractivity contribution < 1.29 is 13.9 Å². The van der Waals surface area contributed by atoms with E-state index in [4.69, 9.17) is 9.15 Å². The third-order valence-electron chi connectivity index (χ3n) is 4.77. The van der Waals surface area contributed by atoms with Gasteiger partial charge in [0.25, 0.3) is 0 Å². The number of nitrogens with one attached hydrogen (secondary N) is 2. The van der Waals surface area contributed by atoms with E-state index in [1.165, 1.54) is 5.56 Å². The maximum Gasteiger partial charge on any atom is 0.410 e. The molecule has 0 saturated heterocycles. The number of aryl methyl sites for hydroxylation is 1. The molecule has 1 aromatic heterocycles. The molecule has 2 aromatic rings. The average molecular weight is 555 g/mol. The SMILES string of the molecule is CN=C(NCCN(C(=O)OC(C)(C)C)C1CC1)NCc1coc(-c2ccc(C)cc2)n1.I. The van der Waals surface area contributed by atoms with E-state index < -0.39 is 5.60 Å². The molecule has 0 unspecified atom stereocenters. The number of carbonyl (C=O) groups excluding carboxylic acids is 1. The molecule has 0 radical (unpaired) electrons. The Labute approximate surface area is 207 Å². The van der Waals surface area contributed by atoms with Crippen molar-refractivity contribution in [2.45, 2.75) is 58.7 Å². The fourth-order valence-electron chi connectivity index (χ4n) is 3.04. The Morgan fingerprint density at radius 2 is 1.94 bits per heavy atom. The number of halogens is 1. The molecule has 1 heterocycles. The molecule has 1 aromatic carbocycles. The zero-order chi connectivity index (χ0) is 22.4. The summed E-state index contributed by atoms with van der Waals surface area (Å²) in [6, 6.07) is 8.34. The standard InChI is InChI=1S/C23H33N5O3.HI/c1-16-6-8-17(9-7-16)20-27-18(15-30-20)14-26-21(24-5)25-12-13-28(19-10-11-19)22(29)31-23(2,3)4;/h6-9,15,19H,10-14H2,1-5H3,(H2,24,25,26);1H. The van der Waals surface area contributed by atoms with Crippen LogP contribution in [-0.2, 0) is 11.3 Å². The molecule has 32 heavy (non-hydrogen) atoms. The van der Waals surface area contributed by atoms with E-state index in [1.807, 2.05) is 52.0 Å². The van der Waals surface area contributed by atoms with Crippen LogP contribution < -0.4 is 10.6 Å². The van der Waals surface area contributed by atoms with Crippen LogP contribution in [0.25, 0.3) is 11.5 Å². The summed E-state index contributed by atoms with van der Waals surface area (Å²) in [6.45, 7) is 9.30. The van der Waals surface area contributed by atoms with Crippen LogP contribution >= 0.6 is 24.0 Å². The molecule has 1 fully saturated rings. The third kappa shape index (κ3) is 7.99. The number of aliphatic imine (C=N–C) groups is 1. The Morgan fingerprint density at radius 3 is 2.53 bits per heavy atom. The summed E-state index contributed by atoms with van der Waals surface area (Å²) in [5.41, 5.74) is 2.43. The summed E-state index contributed by atoms with van der Waals surface area (Å²) >= 11 is 0. The maximum absolute atomic E-state index is 12.4. The fourth-order valence-corrected chi connectivity index (χ4v) is 3.04. The van der Waals surface area contributed by atoms with E-state index in [-0.39, 0.29) is 36.1 Å². The van der Waals surface area contributed by atoms with Gasteiger partial charge < -0.3 is 24.7 Å². The Hall–Kier alpha value is -2.30. The van der Waals surface area contributed by atoms with Crippen LogP contribution in [0.3, 0.4) is 0 Å². The van der Waals surface area contributed by atoms with Crippen molar-refractivity contribution in [3.63, 3.8) is 0 Å². The number of guanidine groups is 1. The number of aromatic nitrogens is 1. The quantitative estimate of drug-likeness (QED) is 0.300. The van der Waals surface area contributed by atoms with E-state index in [1.54, 1.807) is 18.2 Å². The third-order valence-corrected chi connectivity index (χ3v) is 4.77. The lowest BCUT2D eigenvalue weighted by Crippen LogP contribution is -2.45. The summed E-state index contributed by atoms with van der Waals surface area (Å²) in [6.07, 6.45) is 3.45. The molecule has 0 bridgehead atoms. The lowest BCUT2D eigenvalue weighted by Gasteiger charge is -2.27. The first-order valence-electron chi connectivity index (χ1n) is 10.7. The minimum atomic E-state index is -0.496. The summed E-state index contributed by atoms with van der Waals surface area (Å²) in [5, 5.41) is 6.47. The first-order valence-corrected chi connectivity index (χ1v) is 10.7. The molecule has 1 saturated carbocycles. The average Bonchev–Trinajstić information content (AvgIpc) is 3.43. The number of hydrogen-bond acceptors (Lipinski definition) is 5. The topological polar surface area (TPSA) is 92.0 Å². The van der Waals surface area contributed by atoms with Crippen LogP contribution in [0.1, 0.15) is 44.9 Å². The van der Waals surface area contributed by atoms with Gasteiger partial charge in [-0.3, -0.25) is 4.99 Å². The predicted octanol–water partition coefficient (Wildman–Crippen LogP) is 4.33. The second kappa shape index (κ2) is 11.5. The second-order valence-electron chi connectivity index (χ2n) is 8.77. The maximum atomic E-state index is 12.4. The van der Waals surface area contributed by atoms with Gasteiger partial charge in [0.15, 0.2) is 5.96 Å². The Morgan fingerprint density at radius 1 is 1.25 bits per heavy atom. The lowest BCUT2D eigenvalue weighted by atomic mass is 10.1. The largest absolute Gasteiger partial charge is 0.444 e. The Balaban J connectivity index is 0.00000363. The fraction of sp³-hybridized carbons (Fsp3) is 0.522. The van der Waals surface area contributed by atoms with Gasteiger partial charge in [-0.15, -0.1) is 24.0 Å². The van der Waals surface area contributed by atoms with Crippen molar-refractivity contribution in [1.29, 1.82) is 0 Å². The molecule has 176 valence electrons. The molecular weight excluding hydrogens is 521 g/mol. The molecule has 0 atom stereocenters. The van der Waals surface area contributed by atoms with E-state index in [0.717, 1.165) is 24.1 Å². The van der Waals surface area contributed by atoms with Gasteiger partial charge in [-0.05, 0) is 52.7 Å². The number of rotatable bonds is 7. The van der Waals surface area contributed by atoms with Crippen LogP contribution in [-0.4, -0.2) is 53.7 Å². The minimum Gasteiger partial charge on any atom is -0.444 e. The van der Waals surface area contributed by atoms with Crippen LogP contribution in [0.4, 0.5) is 4.79 Å². The number of benzene rings is 1. The number of nitrogens with zero attached hydrogens (tertiary/aromatic N) is 3. The van der Waals surface area contributed by atoms with Gasteiger partial charge in [-0.25, -0.2) is 9.78 Å². The van der Waals surface area contributed by atoms with Crippen molar-refractivity contribution in [2.24, 2.45) is 4.99 Å². The van der Waals surface area contributed by atoms with Crippen molar-refractivity contribution in [1.82, 2.24) is 20.5 Å². The van der Waals surface area contributed by atoms with E-state index in [9.17, 15) is 4.79 Å². The number of amides is 1. The van der Waals surface area contributed by atoms with Gasteiger partial charge in [0.2, 0.25) is 5.89 Å². The second-order valence-corrected chi connectivity index (χ2v) is 8.77. The monoisotopic (exact) mass is 555 g/mol. The van der Waals surface area contributed by atoms with Crippen molar-refractivity contribution in [3.05, 3.63) is 41.8 Å². The van der Waals surface area contributed by atoms with Gasteiger partial charge >= 0.3 is 6.09 Å². The zero-order valence-electron chi connectivity index (χ0n) is 19.5. The van der Waals surface area contributed by atoms with Crippen LogP contribution in [0, 0.1) is 6.92 Å². The van der Waals surface area contributed by atoms with Crippen molar-refractivity contribution in [2.75, 3.05) is 20.1 Å². The first-order chi connectivity index (χ1) is 14.7. The van der Waals surface area contributed by atoms with Gasteiger partial charge in [0, 0.05) is 31.7 Å².